The molecule has 0 bridgehead atoms. The van der Waals surface area contributed by atoms with Gasteiger partial charge in [-0.2, -0.15) is 0 Å². The molecule has 1 aliphatic heterocycles. The second-order valence-corrected chi connectivity index (χ2v) is 8.84. The molecule has 1 fully saturated rings. The summed E-state index contributed by atoms with van der Waals surface area (Å²) in [6.45, 7) is 1.86. The van der Waals surface area contributed by atoms with E-state index in [1.165, 1.54) is 11.6 Å². The van der Waals surface area contributed by atoms with Crippen LogP contribution in [0.15, 0.2) is 66.7 Å². The average Bonchev–Trinajstić information content (AvgIpc) is 2.78. The molecule has 10 heteroatoms. The minimum Gasteiger partial charge on any atom is -0.405 e. The Morgan fingerprint density at radius 1 is 0.971 bits per heavy atom. The quantitative estimate of drug-likeness (QED) is 0.321. The lowest BCUT2D eigenvalue weighted by Gasteiger charge is -2.33. The van der Waals surface area contributed by atoms with Gasteiger partial charge in [-0.15, -0.1) is 38.0 Å². The van der Waals surface area contributed by atoms with Gasteiger partial charge in [-0.05, 0) is 48.4 Å². The highest BCUT2D eigenvalue weighted by atomic mass is 35.5. The Hall–Kier alpha value is -1.67. The molecule has 0 amide bonds. The number of halogens is 7. The summed E-state index contributed by atoms with van der Waals surface area (Å²) in [6.07, 6.45) is -3.92. The zero-order chi connectivity index (χ0) is 23.4. The molecule has 0 saturated carbocycles. The summed E-state index contributed by atoms with van der Waals surface area (Å²) in [5.41, 5.74) is 2.97. The summed E-state index contributed by atoms with van der Waals surface area (Å²) < 4.78 is 43.5. The number of piperidine rings is 1. The highest BCUT2D eigenvalue weighted by molar-refractivity contribution is 6.36. The molecular weight excluding hydrogens is 543 g/mol. The Bertz CT molecular complexity index is 1100. The minimum absolute atomic E-state index is 0. The summed E-state index contributed by atoms with van der Waals surface area (Å²) >= 11 is 12.3. The molecule has 3 aromatic rings. The van der Waals surface area contributed by atoms with Gasteiger partial charge in [0.2, 0.25) is 0 Å². The van der Waals surface area contributed by atoms with Crippen LogP contribution in [0.4, 0.5) is 13.2 Å². The van der Waals surface area contributed by atoms with Gasteiger partial charge in [0.1, 0.15) is 5.75 Å². The van der Waals surface area contributed by atoms with Crippen LogP contribution in [0, 0.1) is 0 Å². The monoisotopic (exact) mass is 566 g/mol. The van der Waals surface area contributed by atoms with E-state index in [0.717, 1.165) is 19.5 Å². The molecule has 0 aliphatic carbocycles. The number of ether oxygens (including phenoxy) is 1. The first-order chi connectivity index (χ1) is 15.8. The molecular formula is C25H25Cl4F3N2O. The van der Waals surface area contributed by atoms with Crippen molar-refractivity contribution >= 4 is 48.0 Å². The summed E-state index contributed by atoms with van der Waals surface area (Å²) in [6, 6.07) is 19.9. The van der Waals surface area contributed by atoms with Crippen LogP contribution < -0.4 is 15.4 Å². The SMILES string of the molecule is Cl.Cl.FC(F)(F)Oc1ccc(-c2ccc(Cl)cc2Cl)cc1CN[C@H]1CCNC[C@H]1c1ccccc1. The van der Waals surface area contributed by atoms with E-state index in [-0.39, 0.29) is 49.1 Å². The standard InChI is InChI=1S/C25H23Cl2F3N2O.2ClH/c26-19-7-8-20(22(27)13-19)17-6-9-24(33-25(28,29)30)18(12-17)14-32-23-10-11-31-15-21(23)16-4-2-1-3-5-16;;/h1-9,12-13,21,23,31-32H,10-11,14-15H2;2*1H/t21-,23-;;/m0../s1. The van der Waals surface area contributed by atoms with E-state index in [9.17, 15) is 13.2 Å². The summed E-state index contributed by atoms with van der Waals surface area (Å²) in [4.78, 5) is 0. The van der Waals surface area contributed by atoms with Crippen molar-refractivity contribution < 1.29 is 17.9 Å². The lowest BCUT2D eigenvalue weighted by atomic mass is 9.86. The van der Waals surface area contributed by atoms with Crippen molar-refractivity contribution in [2.24, 2.45) is 0 Å². The van der Waals surface area contributed by atoms with Crippen LogP contribution in [-0.4, -0.2) is 25.5 Å². The summed E-state index contributed by atoms with van der Waals surface area (Å²) in [5, 5.41) is 7.79. The Morgan fingerprint density at radius 3 is 2.40 bits per heavy atom. The third kappa shape index (κ3) is 7.91. The number of rotatable bonds is 6. The Morgan fingerprint density at radius 2 is 1.71 bits per heavy atom. The van der Waals surface area contributed by atoms with Crippen LogP contribution in [0.1, 0.15) is 23.5 Å². The van der Waals surface area contributed by atoms with Crippen molar-refractivity contribution in [2.75, 3.05) is 13.1 Å². The molecule has 1 heterocycles. The van der Waals surface area contributed by atoms with Crippen molar-refractivity contribution in [1.82, 2.24) is 10.6 Å². The van der Waals surface area contributed by atoms with Gasteiger partial charge < -0.3 is 15.4 Å². The Kier molecular flexibility index (Phi) is 11.0. The van der Waals surface area contributed by atoms with Gasteiger partial charge in [-0.1, -0.05) is 65.7 Å². The normalized spacial score (nSPS) is 17.7. The van der Waals surface area contributed by atoms with Gasteiger partial charge in [-0.3, -0.25) is 0 Å². The third-order valence-corrected chi connectivity index (χ3v) is 6.34. The number of hydrogen-bond donors (Lipinski definition) is 2. The van der Waals surface area contributed by atoms with E-state index in [0.29, 0.717) is 26.7 Å². The zero-order valence-corrected chi connectivity index (χ0v) is 21.6. The van der Waals surface area contributed by atoms with E-state index >= 15 is 0 Å². The maximum atomic E-state index is 13.0. The minimum atomic E-state index is -4.78. The molecule has 35 heavy (non-hydrogen) atoms. The molecule has 3 nitrogen and oxygen atoms in total. The number of nitrogens with one attached hydrogen (secondary N) is 2. The number of alkyl halides is 3. The fraction of sp³-hybridized carbons (Fsp3) is 0.280. The van der Waals surface area contributed by atoms with Gasteiger partial charge in [0.25, 0.3) is 0 Å². The second kappa shape index (κ2) is 13.0. The van der Waals surface area contributed by atoms with Crippen LogP contribution in [-0.2, 0) is 6.54 Å². The van der Waals surface area contributed by atoms with Gasteiger partial charge >= 0.3 is 6.36 Å². The van der Waals surface area contributed by atoms with Crippen LogP contribution in [0.2, 0.25) is 10.0 Å². The van der Waals surface area contributed by atoms with Crippen molar-refractivity contribution in [2.45, 2.75) is 31.3 Å². The molecule has 3 aromatic carbocycles. The first kappa shape index (κ1) is 29.6. The number of hydrogen-bond acceptors (Lipinski definition) is 3. The first-order valence-electron chi connectivity index (χ1n) is 10.6. The zero-order valence-electron chi connectivity index (χ0n) is 18.4. The van der Waals surface area contributed by atoms with Crippen LogP contribution >= 0.6 is 48.0 Å². The lowest BCUT2D eigenvalue weighted by Crippen LogP contribution is -2.45. The van der Waals surface area contributed by atoms with Crippen molar-refractivity contribution in [3.63, 3.8) is 0 Å². The molecule has 1 saturated heterocycles. The largest absolute Gasteiger partial charge is 0.573 e. The van der Waals surface area contributed by atoms with Crippen LogP contribution in [0.25, 0.3) is 11.1 Å². The molecule has 2 N–H and O–H groups in total. The topological polar surface area (TPSA) is 33.3 Å². The smallest absolute Gasteiger partial charge is 0.405 e. The molecule has 190 valence electrons. The second-order valence-electron chi connectivity index (χ2n) is 7.99. The summed E-state index contributed by atoms with van der Waals surface area (Å²) in [5.74, 6) is -0.0186. The van der Waals surface area contributed by atoms with Crippen molar-refractivity contribution in [1.29, 1.82) is 0 Å². The maximum Gasteiger partial charge on any atom is 0.573 e. The molecule has 0 radical (unpaired) electrons. The lowest BCUT2D eigenvalue weighted by molar-refractivity contribution is -0.274. The van der Waals surface area contributed by atoms with Crippen LogP contribution in [0.3, 0.4) is 0 Å². The van der Waals surface area contributed by atoms with Crippen LogP contribution in [0.5, 0.6) is 5.75 Å². The molecule has 0 unspecified atom stereocenters. The van der Waals surface area contributed by atoms with E-state index in [4.69, 9.17) is 23.2 Å². The predicted octanol–water partition coefficient (Wildman–Crippen LogP) is 7.64. The molecule has 2 atom stereocenters. The fourth-order valence-electron chi connectivity index (χ4n) is 4.23. The highest BCUT2D eigenvalue weighted by Gasteiger charge is 2.32. The first-order valence-corrected chi connectivity index (χ1v) is 11.4. The van der Waals surface area contributed by atoms with E-state index in [2.05, 4.69) is 27.5 Å². The average molecular weight is 568 g/mol. The van der Waals surface area contributed by atoms with Gasteiger partial charge in [-0.25, -0.2) is 0 Å². The third-order valence-electron chi connectivity index (χ3n) is 5.79. The maximum absolute atomic E-state index is 13.0. The molecule has 0 spiro atoms. The summed E-state index contributed by atoms with van der Waals surface area (Å²) in [7, 11) is 0. The molecule has 1 aliphatic rings. The molecule has 4 rings (SSSR count). The van der Waals surface area contributed by atoms with E-state index in [1.54, 1.807) is 30.3 Å². The predicted molar refractivity (Wildman–Crippen MR) is 140 cm³/mol. The van der Waals surface area contributed by atoms with Crippen molar-refractivity contribution in [3.8, 4) is 16.9 Å². The van der Waals surface area contributed by atoms with E-state index < -0.39 is 6.36 Å². The fourth-order valence-corrected chi connectivity index (χ4v) is 4.74. The van der Waals surface area contributed by atoms with E-state index in [1.807, 2.05) is 18.2 Å². The van der Waals surface area contributed by atoms with Gasteiger partial charge in [0.05, 0.1) is 0 Å². The Labute approximate surface area is 225 Å². The highest BCUT2D eigenvalue weighted by Crippen LogP contribution is 2.35. The Balaban J connectivity index is 0.00000216. The van der Waals surface area contributed by atoms with Gasteiger partial charge in [0, 0.05) is 46.2 Å². The number of benzene rings is 3. The molecule has 0 aromatic heterocycles. The van der Waals surface area contributed by atoms with Gasteiger partial charge in [0.15, 0.2) is 0 Å². The van der Waals surface area contributed by atoms with Crippen molar-refractivity contribution in [3.05, 3.63) is 87.9 Å².